The van der Waals surface area contributed by atoms with Gasteiger partial charge >= 0.3 is 5.97 Å². The lowest BCUT2D eigenvalue weighted by molar-refractivity contribution is -0.119. The molecule has 0 radical (unpaired) electrons. The number of ether oxygens (including phenoxy) is 1. The van der Waals surface area contributed by atoms with E-state index in [9.17, 15) is 23.2 Å². The normalized spacial score (nSPS) is 10.0. The fourth-order valence-corrected chi connectivity index (χ4v) is 1.88. The molecule has 2 N–H and O–H groups in total. The molecule has 25 heavy (non-hydrogen) atoms. The monoisotopic (exact) mass is 348 g/mol. The summed E-state index contributed by atoms with van der Waals surface area (Å²) in [5.74, 6) is -3.49. The number of amides is 2. The van der Waals surface area contributed by atoms with Crippen molar-refractivity contribution in [1.82, 2.24) is 0 Å². The molecule has 0 aliphatic carbocycles. The van der Waals surface area contributed by atoms with Gasteiger partial charge in [-0.15, -0.1) is 0 Å². The first-order valence-electron chi connectivity index (χ1n) is 7.15. The summed E-state index contributed by atoms with van der Waals surface area (Å²) in [7, 11) is 0. The summed E-state index contributed by atoms with van der Waals surface area (Å²) in [6.45, 7) is 0.716. The lowest BCUT2D eigenvalue weighted by atomic mass is 10.2. The van der Waals surface area contributed by atoms with Gasteiger partial charge in [-0.25, -0.2) is 13.6 Å². The Balaban J connectivity index is 1.88. The standard InChI is InChI=1S/C17H14F2N2O4/c1-10(22)20-13-5-2-11(3-6-13)17(24)25-9-16(23)21-15-7-4-12(18)8-14(15)19/h2-8H,9H2,1H3,(H,20,22)(H,21,23). The van der Waals surface area contributed by atoms with E-state index in [2.05, 4.69) is 10.6 Å². The quantitative estimate of drug-likeness (QED) is 0.814. The average molecular weight is 348 g/mol. The van der Waals surface area contributed by atoms with Gasteiger partial charge in [0.25, 0.3) is 5.91 Å². The van der Waals surface area contributed by atoms with Crippen LogP contribution in [0.5, 0.6) is 0 Å². The van der Waals surface area contributed by atoms with Crippen molar-refractivity contribution >= 4 is 29.2 Å². The SMILES string of the molecule is CC(=O)Nc1ccc(C(=O)OCC(=O)Nc2ccc(F)cc2F)cc1. The topological polar surface area (TPSA) is 84.5 Å². The van der Waals surface area contributed by atoms with E-state index in [-0.39, 0.29) is 17.2 Å². The van der Waals surface area contributed by atoms with Crippen molar-refractivity contribution in [2.75, 3.05) is 17.2 Å². The molecule has 0 aromatic heterocycles. The molecule has 0 fully saturated rings. The Hall–Kier alpha value is -3.29. The Kier molecular flexibility index (Phi) is 5.78. The van der Waals surface area contributed by atoms with E-state index in [4.69, 9.17) is 4.74 Å². The van der Waals surface area contributed by atoms with Crippen molar-refractivity contribution < 1.29 is 27.9 Å². The highest BCUT2D eigenvalue weighted by Gasteiger charge is 2.12. The first-order valence-corrected chi connectivity index (χ1v) is 7.15. The molecule has 0 aliphatic heterocycles. The molecule has 0 aliphatic rings. The molecule has 0 heterocycles. The number of carbonyl (C=O) groups is 3. The third-order valence-corrected chi connectivity index (χ3v) is 2.98. The van der Waals surface area contributed by atoms with Crippen LogP contribution in [0, 0.1) is 11.6 Å². The summed E-state index contributed by atoms with van der Waals surface area (Å²) in [6.07, 6.45) is 0. The minimum Gasteiger partial charge on any atom is -0.452 e. The fourth-order valence-electron chi connectivity index (χ4n) is 1.88. The van der Waals surface area contributed by atoms with Gasteiger partial charge in [0.05, 0.1) is 11.3 Å². The number of anilines is 2. The summed E-state index contributed by atoms with van der Waals surface area (Å²) in [4.78, 5) is 34.4. The van der Waals surface area contributed by atoms with Gasteiger partial charge in [0.1, 0.15) is 11.6 Å². The van der Waals surface area contributed by atoms with Gasteiger partial charge in [0, 0.05) is 18.7 Å². The molecular formula is C17H14F2N2O4. The molecular weight excluding hydrogens is 334 g/mol. The lowest BCUT2D eigenvalue weighted by Gasteiger charge is -2.08. The molecule has 2 aromatic carbocycles. The van der Waals surface area contributed by atoms with E-state index >= 15 is 0 Å². The molecule has 8 heteroatoms. The smallest absolute Gasteiger partial charge is 0.338 e. The number of benzene rings is 2. The van der Waals surface area contributed by atoms with Gasteiger partial charge in [0.15, 0.2) is 6.61 Å². The van der Waals surface area contributed by atoms with Gasteiger partial charge in [-0.3, -0.25) is 9.59 Å². The van der Waals surface area contributed by atoms with Crippen LogP contribution in [-0.4, -0.2) is 24.4 Å². The van der Waals surface area contributed by atoms with E-state index < -0.39 is 30.1 Å². The fraction of sp³-hybridized carbons (Fsp3) is 0.118. The zero-order valence-corrected chi connectivity index (χ0v) is 13.1. The van der Waals surface area contributed by atoms with Crippen LogP contribution in [0.2, 0.25) is 0 Å². The van der Waals surface area contributed by atoms with E-state index in [0.717, 1.165) is 12.1 Å². The minimum absolute atomic E-state index is 0.176. The first-order chi connectivity index (χ1) is 11.8. The molecule has 2 rings (SSSR count). The van der Waals surface area contributed by atoms with Crippen LogP contribution in [0.1, 0.15) is 17.3 Å². The molecule has 2 amide bonds. The number of esters is 1. The van der Waals surface area contributed by atoms with Crippen LogP contribution in [0.25, 0.3) is 0 Å². The molecule has 2 aromatic rings. The third kappa shape index (κ3) is 5.38. The number of rotatable bonds is 5. The number of nitrogens with one attached hydrogen (secondary N) is 2. The Bertz CT molecular complexity index is 807. The Morgan fingerprint density at radius 1 is 1.00 bits per heavy atom. The number of carbonyl (C=O) groups excluding carboxylic acids is 3. The maximum Gasteiger partial charge on any atom is 0.338 e. The maximum absolute atomic E-state index is 13.4. The van der Waals surface area contributed by atoms with E-state index in [1.165, 1.54) is 31.2 Å². The van der Waals surface area contributed by atoms with Crippen molar-refractivity contribution in [2.24, 2.45) is 0 Å². The predicted molar refractivity (Wildman–Crippen MR) is 86.0 cm³/mol. The van der Waals surface area contributed by atoms with Gasteiger partial charge in [-0.1, -0.05) is 0 Å². The van der Waals surface area contributed by atoms with Crippen molar-refractivity contribution in [3.8, 4) is 0 Å². The largest absolute Gasteiger partial charge is 0.452 e. The zero-order chi connectivity index (χ0) is 18.4. The Morgan fingerprint density at radius 2 is 1.68 bits per heavy atom. The van der Waals surface area contributed by atoms with E-state index in [1.54, 1.807) is 0 Å². The molecule has 0 atom stereocenters. The third-order valence-electron chi connectivity index (χ3n) is 2.98. The van der Waals surface area contributed by atoms with Crippen LogP contribution >= 0.6 is 0 Å². The summed E-state index contributed by atoms with van der Waals surface area (Å²) in [6, 6.07) is 8.53. The molecule has 6 nitrogen and oxygen atoms in total. The highest BCUT2D eigenvalue weighted by molar-refractivity contribution is 5.96. The van der Waals surface area contributed by atoms with E-state index in [0.29, 0.717) is 11.8 Å². The van der Waals surface area contributed by atoms with Crippen LogP contribution in [0.3, 0.4) is 0 Å². The second-order valence-electron chi connectivity index (χ2n) is 5.01. The van der Waals surface area contributed by atoms with Crippen molar-refractivity contribution in [2.45, 2.75) is 6.92 Å². The molecule has 0 saturated carbocycles. The van der Waals surface area contributed by atoms with Crippen molar-refractivity contribution in [3.05, 3.63) is 59.7 Å². The minimum atomic E-state index is -0.937. The molecule has 0 bridgehead atoms. The second-order valence-corrected chi connectivity index (χ2v) is 5.01. The zero-order valence-electron chi connectivity index (χ0n) is 13.1. The number of hydrogen-bond donors (Lipinski definition) is 2. The number of hydrogen-bond acceptors (Lipinski definition) is 4. The molecule has 0 unspecified atom stereocenters. The highest BCUT2D eigenvalue weighted by Crippen LogP contribution is 2.15. The van der Waals surface area contributed by atoms with Gasteiger partial charge in [-0.05, 0) is 36.4 Å². The summed E-state index contributed by atoms with van der Waals surface area (Å²) in [5, 5.41) is 4.71. The predicted octanol–water partition coefficient (Wildman–Crippen LogP) is 2.72. The number of halogens is 2. The van der Waals surface area contributed by atoms with Crippen LogP contribution < -0.4 is 10.6 Å². The highest BCUT2D eigenvalue weighted by atomic mass is 19.1. The van der Waals surface area contributed by atoms with E-state index in [1.807, 2.05) is 0 Å². The maximum atomic E-state index is 13.4. The van der Waals surface area contributed by atoms with Crippen molar-refractivity contribution in [1.29, 1.82) is 0 Å². The van der Waals surface area contributed by atoms with Gasteiger partial charge in [-0.2, -0.15) is 0 Å². The van der Waals surface area contributed by atoms with Crippen LogP contribution in [0.4, 0.5) is 20.2 Å². The van der Waals surface area contributed by atoms with Gasteiger partial charge < -0.3 is 15.4 Å². The van der Waals surface area contributed by atoms with Gasteiger partial charge in [0.2, 0.25) is 5.91 Å². The Labute approximate surface area is 141 Å². The summed E-state index contributed by atoms with van der Waals surface area (Å²) in [5.41, 5.74) is 0.463. The van der Waals surface area contributed by atoms with Crippen LogP contribution in [-0.2, 0) is 14.3 Å². The first kappa shape index (κ1) is 18.1. The second kappa shape index (κ2) is 8.00. The molecule has 0 saturated heterocycles. The average Bonchev–Trinajstić information content (AvgIpc) is 2.55. The molecule has 0 spiro atoms. The molecule has 130 valence electrons. The Morgan fingerprint density at radius 3 is 2.28 bits per heavy atom. The lowest BCUT2D eigenvalue weighted by Crippen LogP contribution is -2.21. The summed E-state index contributed by atoms with van der Waals surface area (Å²) >= 11 is 0. The van der Waals surface area contributed by atoms with Crippen LogP contribution in [0.15, 0.2) is 42.5 Å². The van der Waals surface area contributed by atoms with Crippen molar-refractivity contribution in [3.63, 3.8) is 0 Å². The summed E-state index contributed by atoms with van der Waals surface area (Å²) < 4.78 is 31.0.